The number of hydrogen-bond donors (Lipinski definition) is 2. The van der Waals surface area contributed by atoms with Gasteiger partial charge in [0.2, 0.25) is 0 Å². The Labute approximate surface area is 203 Å². The molecule has 2 aromatic carbocycles. The number of thiocarbonyl (C=S) groups is 1. The fourth-order valence-electron chi connectivity index (χ4n) is 3.00. The van der Waals surface area contributed by atoms with Gasteiger partial charge >= 0.3 is 0 Å². The molecule has 0 aliphatic heterocycles. The van der Waals surface area contributed by atoms with E-state index in [4.69, 9.17) is 47.0 Å². The summed E-state index contributed by atoms with van der Waals surface area (Å²) in [5.74, 6) is 0.601. The Hall–Kier alpha value is -2.65. The average Bonchev–Trinajstić information content (AvgIpc) is 3.31. The third-order valence-electron chi connectivity index (χ3n) is 4.45. The summed E-state index contributed by atoms with van der Waals surface area (Å²) in [6.07, 6.45) is 3.42. The lowest BCUT2D eigenvalue weighted by Crippen LogP contribution is -2.20. The van der Waals surface area contributed by atoms with Gasteiger partial charge in [-0.3, -0.25) is 9.36 Å². The quantitative estimate of drug-likeness (QED) is 0.308. The molecule has 0 aliphatic rings. The molecule has 0 amide bonds. The van der Waals surface area contributed by atoms with Crippen LogP contribution in [0.25, 0.3) is 0 Å². The Morgan fingerprint density at radius 3 is 2.41 bits per heavy atom. The van der Waals surface area contributed by atoms with Gasteiger partial charge in [0.25, 0.3) is 0 Å². The summed E-state index contributed by atoms with van der Waals surface area (Å²) < 4.78 is 16.7. The van der Waals surface area contributed by atoms with Crippen molar-refractivity contribution in [2.75, 3.05) is 10.6 Å². The Kier molecular flexibility index (Phi) is 6.95. The number of benzene rings is 2. The number of halogens is 4. The van der Waals surface area contributed by atoms with Gasteiger partial charge in [-0.2, -0.15) is 10.2 Å². The lowest BCUT2D eigenvalue weighted by molar-refractivity contribution is 0.619. The van der Waals surface area contributed by atoms with E-state index in [1.54, 1.807) is 52.1 Å². The molecule has 11 heteroatoms. The van der Waals surface area contributed by atoms with Crippen molar-refractivity contribution < 1.29 is 4.39 Å². The minimum Gasteiger partial charge on any atom is -0.316 e. The van der Waals surface area contributed by atoms with E-state index in [2.05, 4.69) is 20.8 Å². The molecule has 0 radical (unpaired) electrons. The normalized spacial score (nSPS) is 10.9. The Morgan fingerprint density at radius 2 is 1.66 bits per heavy atom. The molecule has 0 saturated heterocycles. The maximum Gasteiger partial charge on any atom is 0.177 e. The molecule has 2 aromatic heterocycles. The molecule has 0 saturated carbocycles. The minimum atomic E-state index is -0.305. The van der Waals surface area contributed by atoms with Crippen molar-refractivity contribution in [2.45, 2.75) is 13.1 Å². The first-order valence-electron chi connectivity index (χ1n) is 9.39. The highest BCUT2D eigenvalue weighted by molar-refractivity contribution is 7.80. The van der Waals surface area contributed by atoms with Gasteiger partial charge in [0.15, 0.2) is 16.7 Å². The molecule has 0 aliphatic carbocycles. The van der Waals surface area contributed by atoms with Crippen LogP contribution in [-0.2, 0) is 13.1 Å². The third-order valence-corrected chi connectivity index (χ3v) is 5.64. The van der Waals surface area contributed by atoms with Crippen LogP contribution in [0.15, 0.2) is 60.9 Å². The Balaban J connectivity index is 1.38. The summed E-state index contributed by atoms with van der Waals surface area (Å²) in [6.45, 7) is 0.783. The SMILES string of the molecule is Fc1cccc(Cn2cc(Cl)c(NC(=S)Nc3ccn(Cc4c(Cl)cccc4Cl)n3)n2)c1. The number of hydrogen-bond acceptors (Lipinski definition) is 3. The van der Waals surface area contributed by atoms with Crippen molar-refractivity contribution in [3.63, 3.8) is 0 Å². The first-order valence-corrected chi connectivity index (χ1v) is 10.9. The van der Waals surface area contributed by atoms with E-state index in [1.807, 2.05) is 6.07 Å². The molecule has 6 nitrogen and oxygen atoms in total. The number of rotatable bonds is 6. The highest BCUT2D eigenvalue weighted by Crippen LogP contribution is 2.25. The molecule has 0 spiro atoms. The fraction of sp³-hybridized carbons (Fsp3) is 0.0952. The lowest BCUT2D eigenvalue weighted by atomic mass is 10.2. The van der Waals surface area contributed by atoms with Gasteiger partial charge < -0.3 is 10.6 Å². The largest absolute Gasteiger partial charge is 0.316 e. The standard InChI is InChI=1S/C21H16Cl3FN6S/c22-16-5-2-6-17(23)15(16)11-30-8-7-19(28-30)26-21(32)27-20-18(24)12-31(29-20)10-13-3-1-4-14(25)9-13/h1-9,12H,10-11H2,(H2,26,27,28,29,32). The molecule has 4 aromatic rings. The van der Waals surface area contributed by atoms with Crippen LogP contribution >= 0.6 is 47.0 Å². The lowest BCUT2D eigenvalue weighted by Gasteiger charge is -2.08. The molecule has 0 bridgehead atoms. The average molecular weight is 510 g/mol. The molecule has 2 N–H and O–H groups in total. The number of anilines is 2. The van der Waals surface area contributed by atoms with E-state index in [-0.39, 0.29) is 10.9 Å². The van der Waals surface area contributed by atoms with Gasteiger partial charge in [-0.1, -0.05) is 53.0 Å². The first kappa shape index (κ1) is 22.5. The maximum absolute atomic E-state index is 13.4. The zero-order valence-corrected chi connectivity index (χ0v) is 19.5. The Morgan fingerprint density at radius 1 is 0.906 bits per heavy atom. The monoisotopic (exact) mass is 508 g/mol. The predicted molar refractivity (Wildman–Crippen MR) is 130 cm³/mol. The van der Waals surface area contributed by atoms with Crippen LogP contribution in [-0.4, -0.2) is 24.7 Å². The van der Waals surface area contributed by atoms with E-state index < -0.39 is 0 Å². The van der Waals surface area contributed by atoms with Crippen molar-refractivity contribution in [3.05, 3.63) is 92.9 Å². The van der Waals surface area contributed by atoms with E-state index in [9.17, 15) is 4.39 Å². The molecule has 32 heavy (non-hydrogen) atoms. The first-order chi connectivity index (χ1) is 15.4. The van der Waals surface area contributed by atoms with Gasteiger partial charge in [0, 0.05) is 34.1 Å². The van der Waals surface area contributed by atoms with Gasteiger partial charge in [-0.15, -0.1) is 0 Å². The number of aromatic nitrogens is 4. The van der Waals surface area contributed by atoms with E-state index in [1.165, 1.54) is 12.1 Å². The molecular formula is C21H16Cl3FN6S. The van der Waals surface area contributed by atoms with Crippen molar-refractivity contribution in [3.8, 4) is 0 Å². The highest BCUT2D eigenvalue weighted by Gasteiger charge is 2.11. The second-order valence-electron chi connectivity index (χ2n) is 6.83. The van der Waals surface area contributed by atoms with Crippen LogP contribution in [0.5, 0.6) is 0 Å². The summed E-state index contributed by atoms with van der Waals surface area (Å²) in [6, 6.07) is 13.4. The topological polar surface area (TPSA) is 59.7 Å². The van der Waals surface area contributed by atoms with Crippen molar-refractivity contribution >= 4 is 63.8 Å². The molecule has 0 fully saturated rings. The zero-order valence-electron chi connectivity index (χ0n) is 16.4. The van der Waals surface area contributed by atoms with E-state index in [0.717, 1.165) is 11.1 Å². The summed E-state index contributed by atoms with van der Waals surface area (Å²) in [7, 11) is 0. The molecule has 0 unspecified atom stereocenters. The predicted octanol–water partition coefficient (Wildman–Crippen LogP) is 6.08. The van der Waals surface area contributed by atoms with Crippen LogP contribution in [0.4, 0.5) is 16.0 Å². The second-order valence-corrected chi connectivity index (χ2v) is 8.46. The van der Waals surface area contributed by atoms with Crippen LogP contribution < -0.4 is 10.6 Å². The number of nitrogens with zero attached hydrogens (tertiary/aromatic N) is 4. The molecule has 4 rings (SSSR count). The second kappa shape index (κ2) is 9.87. The maximum atomic E-state index is 13.4. The summed E-state index contributed by atoms with van der Waals surface area (Å²) in [4.78, 5) is 0. The van der Waals surface area contributed by atoms with Gasteiger partial charge in [-0.25, -0.2) is 4.39 Å². The summed E-state index contributed by atoms with van der Waals surface area (Å²) in [5.41, 5.74) is 1.54. The summed E-state index contributed by atoms with van der Waals surface area (Å²) >= 11 is 24.1. The molecular weight excluding hydrogens is 494 g/mol. The van der Waals surface area contributed by atoms with E-state index >= 15 is 0 Å². The van der Waals surface area contributed by atoms with Gasteiger partial charge in [0.05, 0.1) is 13.1 Å². The van der Waals surface area contributed by atoms with Crippen LogP contribution in [0.1, 0.15) is 11.1 Å². The van der Waals surface area contributed by atoms with Gasteiger partial charge in [0.1, 0.15) is 10.8 Å². The van der Waals surface area contributed by atoms with Crippen LogP contribution in [0, 0.1) is 5.82 Å². The Bertz CT molecular complexity index is 1250. The van der Waals surface area contributed by atoms with Crippen LogP contribution in [0.2, 0.25) is 15.1 Å². The van der Waals surface area contributed by atoms with Crippen molar-refractivity contribution in [1.82, 2.24) is 19.6 Å². The van der Waals surface area contributed by atoms with Gasteiger partial charge in [-0.05, 0) is 42.0 Å². The fourth-order valence-corrected chi connectivity index (χ4v) is 3.92. The summed E-state index contributed by atoms with van der Waals surface area (Å²) in [5, 5.41) is 16.5. The molecule has 164 valence electrons. The van der Waals surface area contributed by atoms with E-state index in [0.29, 0.717) is 39.8 Å². The zero-order chi connectivity index (χ0) is 22.7. The smallest absolute Gasteiger partial charge is 0.177 e. The minimum absolute atomic E-state index is 0.268. The highest BCUT2D eigenvalue weighted by atomic mass is 35.5. The van der Waals surface area contributed by atoms with Crippen LogP contribution in [0.3, 0.4) is 0 Å². The molecule has 0 atom stereocenters. The number of nitrogens with one attached hydrogen (secondary N) is 2. The van der Waals surface area contributed by atoms with Crippen molar-refractivity contribution in [2.24, 2.45) is 0 Å². The van der Waals surface area contributed by atoms with Crippen molar-refractivity contribution in [1.29, 1.82) is 0 Å². The third kappa shape index (κ3) is 5.58. The molecule has 2 heterocycles.